The van der Waals surface area contributed by atoms with Crippen molar-refractivity contribution in [2.24, 2.45) is 0 Å². The molecule has 2 aromatic carbocycles. The van der Waals surface area contributed by atoms with E-state index in [9.17, 15) is 4.79 Å². The lowest BCUT2D eigenvalue weighted by atomic mass is 10.2. The lowest BCUT2D eigenvalue weighted by molar-refractivity contribution is 0.745. The summed E-state index contributed by atoms with van der Waals surface area (Å²) in [4.78, 5) is 17.2. The van der Waals surface area contributed by atoms with E-state index in [1.807, 2.05) is 54.6 Å². The van der Waals surface area contributed by atoms with Crippen LogP contribution in [0.3, 0.4) is 0 Å². The molecule has 0 bridgehead atoms. The first kappa shape index (κ1) is 14.8. The molecule has 0 aliphatic rings. The number of rotatable bonds is 3. The average molecular weight is 381 g/mol. The lowest BCUT2D eigenvalue weighted by Gasteiger charge is -2.06. The van der Waals surface area contributed by atoms with Crippen molar-refractivity contribution in [2.75, 3.05) is 0 Å². The van der Waals surface area contributed by atoms with Gasteiger partial charge in [0.1, 0.15) is 11.7 Å². The van der Waals surface area contributed by atoms with Crippen molar-refractivity contribution in [1.82, 2.24) is 19.3 Å². The highest BCUT2D eigenvalue weighted by Crippen LogP contribution is 2.14. The Morgan fingerprint density at radius 2 is 1.75 bits per heavy atom. The first-order valence-corrected chi connectivity index (χ1v) is 8.25. The maximum atomic E-state index is 12.7. The molecular weight excluding hydrogens is 368 g/mol. The molecule has 0 amide bonds. The van der Waals surface area contributed by atoms with Gasteiger partial charge in [0.15, 0.2) is 5.65 Å². The number of hydrogen-bond donors (Lipinski definition) is 0. The van der Waals surface area contributed by atoms with Crippen molar-refractivity contribution in [3.8, 4) is 5.69 Å². The average Bonchev–Trinajstić information content (AvgIpc) is 3.05. The Bertz CT molecular complexity index is 1050. The number of fused-ring (bicyclic) bond motifs is 1. The van der Waals surface area contributed by atoms with E-state index in [0.717, 1.165) is 15.7 Å². The normalized spacial score (nSPS) is 11.0. The second kappa shape index (κ2) is 6.05. The molecule has 0 saturated heterocycles. The Morgan fingerprint density at radius 3 is 2.50 bits per heavy atom. The molecule has 0 spiro atoms. The van der Waals surface area contributed by atoms with Crippen molar-refractivity contribution < 1.29 is 0 Å². The molecule has 0 aliphatic carbocycles. The molecule has 5 nitrogen and oxygen atoms in total. The third kappa shape index (κ3) is 2.65. The van der Waals surface area contributed by atoms with Gasteiger partial charge in [-0.05, 0) is 29.8 Å². The fourth-order valence-electron chi connectivity index (χ4n) is 2.61. The standard InChI is InChI=1S/C18H13BrN4O/c19-14-8-6-13(7-9-14)11-22-12-20-17-16(18(22)24)10-21-23(17)15-4-2-1-3-5-15/h1-10,12H,11H2. The smallest absolute Gasteiger partial charge is 0.264 e. The van der Waals surface area contributed by atoms with Gasteiger partial charge in [-0.1, -0.05) is 46.3 Å². The summed E-state index contributed by atoms with van der Waals surface area (Å²) >= 11 is 3.41. The third-order valence-electron chi connectivity index (χ3n) is 3.82. The summed E-state index contributed by atoms with van der Waals surface area (Å²) in [5.74, 6) is 0. The summed E-state index contributed by atoms with van der Waals surface area (Å²) in [7, 11) is 0. The highest BCUT2D eigenvalue weighted by Gasteiger charge is 2.11. The van der Waals surface area contributed by atoms with Gasteiger partial charge in [0.05, 0.1) is 18.4 Å². The summed E-state index contributed by atoms with van der Waals surface area (Å²) in [6.07, 6.45) is 3.16. The molecule has 2 aromatic heterocycles. The Hall–Kier alpha value is -2.73. The molecular formula is C18H13BrN4O. The number of aromatic nitrogens is 4. The van der Waals surface area contributed by atoms with Crippen molar-refractivity contribution in [1.29, 1.82) is 0 Å². The monoisotopic (exact) mass is 380 g/mol. The molecule has 118 valence electrons. The van der Waals surface area contributed by atoms with Gasteiger partial charge in [-0.3, -0.25) is 9.36 Å². The molecule has 0 unspecified atom stereocenters. The third-order valence-corrected chi connectivity index (χ3v) is 4.35. The van der Waals surface area contributed by atoms with Gasteiger partial charge in [-0.2, -0.15) is 5.10 Å². The largest absolute Gasteiger partial charge is 0.294 e. The number of nitrogens with zero attached hydrogens (tertiary/aromatic N) is 4. The van der Waals surface area contributed by atoms with E-state index in [-0.39, 0.29) is 5.56 Å². The predicted octanol–water partition coefficient (Wildman–Crippen LogP) is 3.39. The van der Waals surface area contributed by atoms with E-state index >= 15 is 0 Å². The lowest BCUT2D eigenvalue weighted by Crippen LogP contribution is -2.21. The quantitative estimate of drug-likeness (QED) is 0.547. The first-order valence-electron chi connectivity index (χ1n) is 7.45. The van der Waals surface area contributed by atoms with Gasteiger partial charge < -0.3 is 0 Å². The first-order chi connectivity index (χ1) is 11.7. The molecule has 4 rings (SSSR count). The summed E-state index contributed by atoms with van der Waals surface area (Å²) in [6, 6.07) is 17.5. The van der Waals surface area contributed by atoms with Crippen molar-refractivity contribution in [3.05, 3.63) is 87.5 Å². The molecule has 24 heavy (non-hydrogen) atoms. The van der Waals surface area contributed by atoms with E-state index in [1.165, 1.54) is 0 Å². The molecule has 0 saturated carbocycles. The maximum Gasteiger partial charge on any atom is 0.264 e. The molecule has 0 fully saturated rings. The Morgan fingerprint density at radius 1 is 1.00 bits per heavy atom. The predicted molar refractivity (Wildman–Crippen MR) is 96.4 cm³/mol. The summed E-state index contributed by atoms with van der Waals surface area (Å²) in [6.45, 7) is 0.478. The second-order valence-corrected chi connectivity index (χ2v) is 6.35. The Kier molecular flexibility index (Phi) is 3.74. The van der Waals surface area contributed by atoms with Crippen LogP contribution >= 0.6 is 15.9 Å². The van der Waals surface area contributed by atoms with E-state index in [0.29, 0.717) is 17.6 Å². The highest BCUT2D eigenvalue weighted by molar-refractivity contribution is 9.10. The minimum absolute atomic E-state index is 0.0925. The van der Waals surface area contributed by atoms with Crippen molar-refractivity contribution >= 4 is 27.0 Å². The van der Waals surface area contributed by atoms with Crippen LogP contribution in [0.2, 0.25) is 0 Å². The van der Waals surface area contributed by atoms with Crippen LogP contribution < -0.4 is 5.56 Å². The van der Waals surface area contributed by atoms with Crippen LogP contribution in [-0.2, 0) is 6.54 Å². The van der Waals surface area contributed by atoms with Gasteiger partial charge in [0.25, 0.3) is 5.56 Å². The summed E-state index contributed by atoms with van der Waals surface area (Å²) < 4.78 is 4.29. The zero-order valence-electron chi connectivity index (χ0n) is 12.6. The highest BCUT2D eigenvalue weighted by atomic mass is 79.9. The van der Waals surface area contributed by atoms with E-state index in [4.69, 9.17) is 0 Å². The number of para-hydroxylation sites is 1. The van der Waals surface area contributed by atoms with Gasteiger partial charge in [-0.15, -0.1) is 0 Å². The van der Waals surface area contributed by atoms with Crippen LogP contribution in [-0.4, -0.2) is 19.3 Å². The molecule has 0 N–H and O–H groups in total. The van der Waals surface area contributed by atoms with Crippen molar-refractivity contribution in [3.63, 3.8) is 0 Å². The summed E-state index contributed by atoms with van der Waals surface area (Å²) in [5.41, 5.74) is 2.39. The van der Waals surface area contributed by atoms with Crippen LogP contribution in [0.15, 0.2) is 76.4 Å². The molecule has 2 heterocycles. The molecule has 4 aromatic rings. The van der Waals surface area contributed by atoms with Gasteiger partial charge in [0, 0.05) is 4.47 Å². The Balaban J connectivity index is 1.77. The molecule has 0 radical (unpaired) electrons. The SMILES string of the molecule is O=c1c2cnn(-c3ccccc3)c2ncn1Cc1ccc(Br)cc1. The minimum atomic E-state index is -0.0925. The van der Waals surface area contributed by atoms with Gasteiger partial charge in [0.2, 0.25) is 0 Å². The molecule has 0 atom stereocenters. The number of benzene rings is 2. The number of halogens is 1. The maximum absolute atomic E-state index is 12.7. The van der Waals surface area contributed by atoms with Crippen LogP contribution in [0.25, 0.3) is 16.7 Å². The van der Waals surface area contributed by atoms with Crippen molar-refractivity contribution in [2.45, 2.75) is 6.54 Å². The van der Waals surface area contributed by atoms with Gasteiger partial charge >= 0.3 is 0 Å². The van der Waals surface area contributed by atoms with Crippen LogP contribution in [0.5, 0.6) is 0 Å². The molecule has 0 aliphatic heterocycles. The number of hydrogen-bond acceptors (Lipinski definition) is 3. The van der Waals surface area contributed by atoms with Crippen LogP contribution in [0.1, 0.15) is 5.56 Å². The van der Waals surface area contributed by atoms with E-state index in [1.54, 1.807) is 21.8 Å². The van der Waals surface area contributed by atoms with E-state index in [2.05, 4.69) is 26.0 Å². The van der Waals surface area contributed by atoms with Gasteiger partial charge in [-0.25, -0.2) is 9.67 Å². The fraction of sp³-hybridized carbons (Fsp3) is 0.0556. The van der Waals surface area contributed by atoms with E-state index < -0.39 is 0 Å². The summed E-state index contributed by atoms with van der Waals surface area (Å²) in [5, 5.41) is 4.83. The zero-order valence-corrected chi connectivity index (χ0v) is 14.2. The van der Waals surface area contributed by atoms with Crippen LogP contribution in [0.4, 0.5) is 0 Å². The minimum Gasteiger partial charge on any atom is -0.294 e. The molecule has 6 heteroatoms. The Labute approximate surface area is 146 Å². The van der Waals surface area contributed by atoms with Crippen LogP contribution in [0, 0.1) is 0 Å². The fourth-order valence-corrected chi connectivity index (χ4v) is 2.87. The zero-order chi connectivity index (χ0) is 16.5. The second-order valence-electron chi connectivity index (χ2n) is 5.43. The topological polar surface area (TPSA) is 52.7 Å².